The molecule has 0 spiro atoms. The van der Waals surface area contributed by atoms with Gasteiger partial charge >= 0.3 is 0 Å². The van der Waals surface area contributed by atoms with Crippen molar-refractivity contribution in [2.45, 2.75) is 32.3 Å². The molecule has 0 radical (unpaired) electrons. The number of amides is 2. The number of nitrogens with one attached hydrogen (secondary N) is 1. The number of carbonyl (C=O) groups excluding carboxylic acids is 2. The maximum atomic E-state index is 13.5. The third-order valence-corrected chi connectivity index (χ3v) is 9.40. The van der Waals surface area contributed by atoms with E-state index in [-0.39, 0.29) is 25.0 Å². The highest BCUT2D eigenvalue weighted by atomic mass is 16.5. The predicted octanol–water partition coefficient (Wildman–Crippen LogP) is 4.70. The molecule has 13 heteroatoms. The van der Waals surface area contributed by atoms with Crippen LogP contribution < -0.4 is 5.32 Å². The second-order valence-corrected chi connectivity index (χ2v) is 13.1. The highest BCUT2D eigenvalue weighted by Gasteiger charge is 2.30. The summed E-state index contributed by atoms with van der Waals surface area (Å²) in [6, 6.07) is 33.8. The van der Waals surface area contributed by atoms with Crippen LogP contribution in [0.1, 0.15) is 32.7 Å². The summed E-state index contributed by atoms with van der Waals surface area (Å²) in [5, 5.41) is 15.9. The summed E-state index contributed by atoms with van der Waals surface area (Å²) in [7, 11) is 0. The van der Waals surface area contributed by atoms with Gasteiger partial charge in [0, 0.05) is 36.6 Å². The van der Waals surface area contributed by atoms with Crippen LogP contribution in [0.25, 0.3) is 22.5 Å². The van der Waals surface area contributed by atoms with Crippen molar-refractivity contribution in [3.63, 3.8) is 0 Å². The fraction of sp³-hybridized carbons (Fsp3) is 0.195. The Morgan fingerprint density at radius 1 is 0.815 bits per heavy atom. The van der Waals surface area contributed by atoms with Crippen LogP contribution in [0.5, 0.6) is 0 Å². The van der Waals surface area contributed by atoms with Gasteiger partial charge in [0.05, 0.1) is 39.0 Å². The number of aromatic nitrogens is 8. The number of morpholine rings is 1. The fourth-order valence-electron chi connectivity index (χ4n) is 6.61. The van der Waals surface area contributed by atoms with Gasteiger partial charge in [0.25, 0.3) is 11.8 Å². The molecule has 1 saturated heterocycles. The smallest absolute Gasteiger partial charge is 0.254 e. The SMILES string of the molecule is O=C(NCc1ccccc1-c1ccc(Cn2cncn2)cc1)C1CN(C(=O)c2ccc(Cn3cc(Cn4ccnc4-c4ccccc4)nn3)cc2)CCO1. The molecule has 1 N–H and O–H groups in total. The Morgan fingerprint density at radius 3 is 2.37 bits per heavy atom. The van der Waals surface area contributed by atoms with Crippen LogP contribution in [0.3, 0.4) is 0 Å². The van der Waals surface area contributed by atoms with E-state index in [9.17, 15) is 9.59 Å². The van der Waals surface area contributed by atoms with Crippen molar-refractivity contribution in [3.8, 4) is 22.5 Å². The van der Waals surface area contributed by atoms with Crippen molar-refractivity contribution >= 4 is 11.8 Å². The largest absolute Gasteiger partial charge is 0.365 e. The summed E-state index contributed by atoms with van der Waals surface area (Å²) >= 11 is 0. The molecule has 1 aliphatic rings. The maximum absolute atomic E-state index is 13.5. The number of rotatable bonds is 12. The number of hydrogen-bond acceptors (Lipinski definition) is 8. The van der Waals surface area contributed by atoms with E-state index in [4.69, 9.17) is 4.74 Å². The molecule has 4 heterocycles. The lowest BCUT2D eigenvalue weighted by atomic mass is 9.98. The molecule has 1 unspecified atom stereocenters. The van der Waals surface area contributed by atoms with E-state index in [0.29, 0.717) is 38.3 Å². The van der Waals surface area contributed by atoms with Crippen LogP contribution in [-0.2, 0) is 35.7 Å². The molecule has 1 aliphatic heterocycles. The minimum atomic E-state index is -0.766. The minimum absolute atomic E-state index is 0.141. The van der Waals surface area contributed by atoms with E-state index < -0.39 is 6.10 Å². The first-order chi connectivity index (χ1) is 26.6. The van der Waals surface area contributed by atoms with Gasteiger partial charge in [-0.3, -0.25) is 9.59 Å². The standard InChI is InChI=1S/C41H38N10O3/c52-40(44-22-35-8-4-5-9-37(35)32-14-10-31(11-15-32)24-51-29-42-28-45-51)38-27-49(20-21-54-38)41(53)34-16-12-30(13-17-34)23-50-26-36(46-47-50)25-48-19-18-43-39(48)33-6-2-1-3-7-33/h1-19,26,28-29,38H,20-25,27H2,(H,44,52). The van der Waals surface area contributed by atoms with Gasteiger partial charge in [0.15, 0.2) is 6.10 Å². The normalized spacial score (nSPS) is 14.2. The second-order valence-electron chi connectivity index (χ2n) is 13.1. The molecule has 8 rings (SSSR count). The molecule has 2 amide bonds. The van der Waals surface area contributed by atoms with Crippen LogP contribution in [-0.4, -0.2) is 81.8 Å². The van der Waals surface area contributed by atoms with E-state index in [0.717, 1.165) is 44.9 Å². The average molecular weight is 719 g/mol. The topological polar surface area (TPSA) is 138 Å². The molecule has 1 fully saturated rings. The van der Waals surface area contributed by atoms with Crippen LogP contribution >= 0.6 is 0 Å². The lowest BCUT2D eigenvalue weighted by molar-refractivity contribution is -0.137. The van der Waals surface area contributed by atoms with Gasteiger partial charge in [0.1, 0.15) is 24.2 Å². The molecule has 1 atom stereocenters. The van der Waals surface area contributed by atoms with Gasteiger partial charge in [-0.25, -0.2) is 19.3 Å². The van der Waals surface area contributed by atoms with Crippen molar-refractivity contribution in [2.24, 2.45) is 0 Å². The molecular weight excluding hydrogens is 681 g/mol. The molecular formula is C41H38N10O3. The van der Waals surface area contributed by atoms with Gasteiger partial charge < -0.3 is 19.5 Å². The summed E-state index contributed by atoms with van der Waals surface area (Å²) < 4.78 is 11.4. The van der Waals surface area contributed by atoms with Crippen molar-refractivity contribution < 1.29 is 14.3 Å². The Balaban J connectivity index is 0.841. The quantitative estimate of drug-likeness (QED) is 0.192. The Morgan fingerprint density at radius 2 is 1.57 bits per heavy atom. The van der Waals surface area contributed by atoms with Crippen LogP contribution in [0.15, 0.2) is 134 Å². The van der Waals surface area contributed by atoms with E-state index >= 15 is 0 Å². The zero-order chi connectivity index (χ0) is 36.7. The highest BCUT2D eigenvalue weighted by molar-refractivity contribution is 5.95. The summed E-state index contributed by atoms with van der Waals surface area (Å²) in [6.07, 6.45) is 8.09. The summed E-state index contributed by atoms with van der Waals surface area (Å²) in [4.78, 5) is 37.0. The molecule has 270 valence electrons. The van der Waals surface area contributed by atoms with E-state index in [1.807, 2.05) is 95.8 Å². The summed E-state index contributed by atoms with van der Waals surface area (Å²) in [5.41, 5.74) is 7.57. The van der Waals surface area contributed by atoms with E-state index in [1.54, 1.807) is 26.8 Å². The summed E-state index contributed by atoms with van der Waals surface area (Å²) in [5.74, 6) is 0.480. The minimum Gasteiger partial charge on any atom is -0.365 e. The average Bonchev–Trinajstić information content (AvgIpc) is 4.02. The third-order valence-electron chi connectivity index (χ3n) is 9.40. The van der Waals surface area contributed by atoms with Gasteiger partial charge in [-0.05, 0) is 39.9 Å². The molecule has 0 bridgehead atoms. The van der Waals surface area contributed by atoms with Gasteiger partial charge in [-0.15, -0.1) is 5.10 Å². The van der Waals surface area contributed by atoms with Gasteiger partial charge in [-0.2, -0.15) is 5.10 Å². The number of nitrogens with zero attached hydrogens (tertiary/aromatic N) is 9. The second kappa shape index (κ2) is 15.9. The number of benzene rings is 4. The monoisotopic (exact) mass is 718 g/mol. The van der Waals surface area contributed by atoms with Gasteiger partial charge in [-0.1, -0.05) is 96.2 Å². The third kappa shape index (κ3) is 8.01. The predicted molar refractivity (Wildman–Crippen MR) is 201 cm³/mol. The first-order valence-electron chi connectivity index (χ1n) is 17.8. The maximum Gasteiger partial charge on any atom is 0.254 e. The van der Waals surface area contributed by atoms with E-state index in [1.165, 1.54) is 6.33 Å². The molecule has 54 heavy (non-hydrogen) atoms. The molecule has 0 aliphatic carbocycles. The van der Waals surface area contributed by atoms with E-state index in [2.05, 4.69) is 55.0 Å². The van der Waals surface area contributed by atoms with Crippen molar-refractivity contribution in [1.29, 1.82) is 0 Å². The van der Waals surface area contributed by atoms with Crippen LogP contribution in [0.4, 0.5) is 0 Å². The Labute approximate surface area is 311 Å². The van der Waals surface area contributed by atoms with Gasteiger partial charge in [0.2, 0.25) is 0 Å². The Kier molecular flexibility index (Phi) is 10.1. The van der Waals surface area contributed by atoms with Crippen molar-refractivity contribution in [1.82, 2.24) is 49.5 Å². The van der Waals surface area contributed by atoms with Crippen LogP contribution in [0.2, 0.25) is 0 Å². The van der Waals surface area contributed by atoms with Crippen molar-refractivity contribution in [2.75, 3.05) is 19.7 Å². The number of imidazole rings is 1. The lowest BCUT2D eigenvalue weighted by Crippen LogP contribution is -2.51. The molecule has 7 aromatic rings. The molecule has 0 saturated carbocycles. The van der Waals surface area contributed by atoms with Crippen molar-refractivity contribution in [3.05, 3.63) is 162 Å². The number of hydrogen-bond donors (Lipinski definition) is 1. The molecule has 4 aromatic carbocycles. The van der Waals surface area contributed by atoms with Crippen LogP contribution in [0, 0.1) is 0 Å². The number of ether oxygens (including phenoxy) is 1. The highest BCUT2D eigenvalue weighted by Crippen LogP contribution is 2.25. The first kappa shape index (κ1) is 34.4. The molecule has 3 aromatic heterocycles. The zero-order valence-electron chi connectivity index (χ0n) is 29.5. The summed E-state index contributed by atoms with van der Waals surface area (Å²) in [6.45, 7) is 2.88. The Hall–Kier alpha value is -6.73. The zero-order valence-corrected chi connectivity index (χ0v) is 29.5. The first-order valence-corrected chi connectivity index (χ1v) is 17.8. The lowest BCUT2D eigenvalue weighted by Gasteiger charge is -2.32. The number of carbonyl (C=O) groups is 2. The molecule has 13 nitrogen and oxygen atoms in total. The Bertz CT molecular complexity index is 2320. The fourth-order valence-corrected chi connectivity index (χ4v) is 6.61.